The van der Waals surface area contributed by atoms with Crippen LogP contribution >= 0.6 is 0 Å². The Bertz CT molecular complexity index is 1050. The average Bonchev–Trinajstić information content (AvgIpc) is 3.13. The predicted molar refractivity (Wildman–Crippen MR) is 130 cm³/mol. The van der Waals surface area contributed by atoms with Crippen LogP contribution in [0.4, 0.5) is 4.79 Å². The molecule has 0 aliphatic heterocycles. The number of rotatable bonds is 10. The van der Waals surface area contributed by atoms with E-state index >= 15 is 0 Å². The second kappa shape index (κ2) is 11.5. The SMILES string of the molecule is CC(C)C(C(=O)O)C(C)NC(=O)CNC(=O)CNC(=O)OCC1c2ccccc2-c2ccccc21. The molecule has 2 aromatic rings. The molecule has 2 aromatic carbocycles. The van der Waals surface area contributed by atoms with Crippen LogP contribution < -0.4 is 16.0 Å². The molecule has 0 spiro atoms. The molecule has 0 heterocycles. The van der Waals surface area contributed by atoms with Crippen molar-refractivity contribution in [1.82, 2.24) is 16.0 Å². The van der Waals surface area contributed by atoms with Crippen molar-refractivity contribution in [2.75, 3.05) is 19.7 Å². The van der Waals surface area contributed by atoms with Crippen LogP contribution in [0.1, 0.15) is 37.8 Å². The van der Waals surface area contributed by atoms with E-state index in [0.717, 1.165) is 22.3 Å². The number of hydrogen-bond donors (Lipinski definition) is 4. The van der Waals surface area contributed by atoms with E-state index in [-0.39, 0.29) is 31.5 Å². The Morgan fingerprint density at radius 3 is 1.94 bits per heavy atom. The minimum Gasteiger partial charge on any atom is -0.481 e. The number of nitrogens with one attached hydrogen (secondary N) is 3. The highest BCUT2D eigenvalue weighted by molar-refractivity contribution is 5.87. The van der Waals surface area contributed by atoms with E-state index in [4.69, 9.17) is 4.74 Å². The van der Waals surface area contributed by atoms with Crippen LogP contribution in [0.5, 0.6) is 0 Å². The zero-order chi connectivity index (χ0) is 25.5. The van der Waals surface area contributed by atoms with E-state index in [9.17, 15) is 24.3 Å². The predicted octanol–water partition coefficient (Wildman–Crippen LogP) is 2.50. The van der Waals surface area contributed by atoms with Crippen LogP contribution in [0.25, 0.3) is 11.1 Å². The quantitative estimate of drug-likeness (QED) is 0.412. The van der Waals surface area contributed by atoms with Crippen LogP contribution in [-0.4, -0.2) is 54.7 Å². The molecule has 0 aromatic heterocycles. The fraction of sp³-hybridized carbons (Fsp3) is 0.385. The van der Waals surface area contributed by atoms with Crippen molar-refractivity contribution in [3.05, 3.63) is 59.7 Å². The number of fused-ring (bicyclic) bond motifs is 3. The van der Waals surface area contributed by atoms with Gasteiger partial charge in [0.1, 0.15) is 13.2 Å². The van der Waals surface area contributed by atoms with Gasteiger partial charge in [-0.3, -0.25) is 14.4 Å². The summed E-state index contributed by atoms with van der Waals surface area (Å²) in [7, 11) is 0. The van der Waals surface area contributed by atoms with Crippen molar-refractivity contribution in [2.24, 2.45) is 11.8 Å². The number of alkyl carbamates (subject to hydrolysis) is 1. The van der Waals surface area contributed by atoms with Gasteiger partial charge in [0.25, 0.3) is 0 Å². The second-order valence-corrected chi connectivity index (χ2v) is 8.92. The molecular weight excluding hydrogens is 450 g/mol. The van der Waals surface area contributed by atoms with E-state index in [1.807, 2.05) is 48.5 Å². The second-order valence-electron chi connectivity index (χ2n) is 8.92. The lowest BCUT2D eigenvalue weighted by atomic mass is 9.89. The van der Waals surface area contributed by atoms with Gasteiger partial charge in [-0.05, 0) is 35.1 Å². The first-order chi connectivity index (χ1) is 16.7. The molecule has 35 heavy (non-hydrogen) atoms. The first-order valence-electron chi connectivity index (χ1n) is 11.6. The highest BCUT2D eigenvalue weighted by Crippen LogP contribution is 2.44. The molecule has 4 N–H and O–H groups in total. The van der Waals surface area contributed by atoms with E-state index in [2.05, 4.69) is 16.0 Å². The van der Waals surface area contributed by atoms with Crippen molar-refractivity contribution in [2.45, 2.75) is 32.7 Å². The Morgan fingerprint density at radius 2 is 1.40 bits per heavy atom. The summed E-state index contributed by atoms with van der Waals surface area (Å²) in [5, 5.41) is 16.7. The maximum atomic E-state index is 12.2. The molecule has 0 bridgehead atoms. The molecule has 186 valence electrons. The number of aliphatic carboxylic acids is 1. The lowest BCUT2D eigenvalue weighted by Gasteiger charge is -2.24. The Kier molecular flexibility index (Phi) is 8.46. The summed E-state index contributed by atoms with van der Waals surface area (Å²) in [6, 6.07) is 15.4. The number of carbonyl (C=O) groups is 4. The van der Waals surface area contributed by atoms with Crippen LogP contribution in [-0.2, 0) is 19.1 Å². The zero-order valence-corrected chi connectivity index (χ0v) is 20.0. The van der Waals surface area contributed by atoms with Gasteiger partial charge in [0.15, 0.2) is 0 Å². The normalized spacial score (nSPS) is 13.8. The summed E-state index contributed by atoms with van der Waals surface area (Å²) < 4.78 is 5.37. The third-order valence-electron chi connectivity index (χ3n) is 6.11. The molecule has 0 radical (unpaired) electrons. The largest absolute Gasteiger partial charge is 0.481 e. The minimum absolute atomic E-state index is 0.0897. The Balaban J connectivity index is 1.42. The minimum atomic E-state index is -0.996. The maximum absolute atomic E-state index is 12.2. The summed E-state index contributed by atoms with van der Waals surface area (Å²) in [4.78, 5) is 47.6. The number of amides is 3. The topological polar surface area (TPSA) is 134 Å². The lowest BCUT2D eigenvalue weighted by Crippen LogP contribution is -2.48. The monoisotopic (exact) mass is 481 g/mol. The summed E-state index contributed by atoms with van der Waals surface area (Å²) in [6.45, 7) is 4.57. The van der Waals surface area contributed by atoms with E-state index < -0.39 is 35.8 Å². The molecule has 0 saturated heterocycles. The van der Waals surface area contributed by atoms with Crippen LogP contribution in [0.3, 0.4) is 0 Å². The molecule has 9 nitrogen and oxygen atoms in total. The third-order valence-corrected chi connectivity index (χ3v) is 6.11. The first-order valence-corrected chi connectivity index (χ1v) is 11.6. The Labute approximate surface area is 204 Å². The number of carboxylic acids is 1. The van der Waals surface area contributed by atoms with E-state index in [1.165, 1.54) is 0 Å². The number of hydrogen-bond acceptors (Lipinski definition) is 5. The van der Waals surface area contributed by atoms with Gasteiger partial charge in [-0.1, -0.05) is 62.4 Å². The van der Waals surface area contributed by atoms with Gasteiger partial charge in [-0.2, -0.15) is 0 Å². The molecule has 2 unspecified atom stereocenters. The number of carbonyl (C=O) groups excluding carboxylic acids is 3. The number of benzene rings is 2. The number of carboxylic acid groups (broad SMARTS) is 1. The van der Waals surface area contributed by atoms with Crippen LogP contribution in [0.15, 0.2) is 48.5 Å². The van der Waals surface area contributed by atoms with Gasteiger partial charge in [0, 0.05) is 12.0 Å². The molecule has 1 aliphatic carbocycles. The van der Waals surface area contributed by atoms with Crippen molar-refractivity contribution in [1.29, 1.82) is 0 Å². The Hall–Kier alpha value is -3.88. The maximum Gasteiger partial charge on any atom is 0.407 e. The molecule has 1 aliphatic rings. The highest BCUT2D eigenvalue weighted by atomic mass is 16.5. The van der Waals surface area contributed by atoms with E-state index in [0.29, 0.717) is 0 Å². The van der Waals surface area contributed by atoms with Crippen LogP contribution in [0, 0.1) is 11.8 Å². The van der Waals surface area contributed by atoms with Gasteiger partial charge in [-0.15, -0.1) is 0 Å². The van der Waals surface area contributed by atoms with Gasteiger partial charge in [-0.25, -0.2) is 4.79 Å². The summed E-state index contributed by atoms with van der Waals surface area (Å²) >= 11 is 0. The smallest absolute Gasteiger partial charge is 0.407 e. The fourth-order valence-corrected chi connectivity index (χ4v) is 4.51. The zero-order valence-electron chi connectivity index (χ0n) is 20.0. The lowest BCUT2D eigenvalue weighted by molar-refractivity contribution is -0.144. The summed E-state index contributed by atoms with van der Waals surface area (Å²) in [5.74, 6) is -3.08. The van der Waals surface area contributed by atoms with Crippen molar-refractivity contribution in [3.8, 4) is 11.1 Å². The molecule has 0 fully saturated rings. The van der Waals surface area contributed by atoms with E-state index in [1.54, 1.807) is 20.8 Å². The molecule has 0 saturated carbocycles. The van der Waals surface area contributed by atoms with Gasteiger partial charge in [0.05, 0.1) is 12.5 Å². The average molecular weight is 482 g/mol. The molecule has 3 rings (SSSR count). The van der Waals surface area contributed by atoms with Crippen LogP contribution in [0.2, 0.25) is 0 Å². The highest BCUT2D eigenvalue weighted by Gasteiger charge is 2.30. The van der Waals surface area contributed by atoms with Crippen molar-refractivity contribution >= 4 is 23.9 Å². The summed E-state index contributed by atoms with van der Waals surface area (Å²) in [5.41, 5.74) is 4.41. The molecular formula is C26H31N3O6. The third kappa shape index (κ3) is 6.38. The number of ether oxygens (including phenoxy) is 1. The summed E-state index contributed by atoms with van der Waals surface area (Å²) in [6.07, 6.45) is -0.735. The molecule has 2 atom stereocenters. The first kappa shape index (κ1) is 25.7. The Morgan fingerprint density at radius 1 is 0.857 bits per heavy atom. The van der Waals surface area contributed by atoms with Gasteiger partial charge < -0.3 is 25.8 Å². The van der Waals surface area contributed by atoms with Gasteiger partial charge in [0.2, 0.25) is 11.8 Å². The standard InChI is InChI=1S/C26H31N3O6/c1-15(2)24(25(32)33)16(3)29-23(31)13-27-22(30)12-28-26(34)35-14-21-19-10-6-4-8-17(19)18-9-5-7-11-20(18)21/h4-11,15-16,21,24H,12-14H2,1-3H3,(H,27,30)(H,28,34)(H,29,31)(H,32,33). The fourth-order valence-electron chi connectivity index (χ4n) is 4.51. The van der Waals surface area contributed by atoms with Crippen molar-refractivity contribution < 1.29 is 29.0 Å². The van der Waals surface area contributed by atoms with Gasteiger partial charge >= 0.3 is 12.1 Å². The van der Waals surface area contributed by atoms with Crippen molar-refractivity contribution in [3.63, 3.8) is 0 Å². The molecule has 9 heteroatoms. The molecule has 3 amide bonds.